The van der Waals surface area contributed by atoms with Gasteiger partial charge >= 0.3 is 0 Å². The molecule has 0 saturated carbocycles. The van der Waals surface area contributed by atoms with E-state index < -0.39 is 0 Å². The maximum atomic E-state index is 5.58. The lowest BCUT2D eigenvalue weighted by Crippen LogP contribution is -2.17. The van der Waals surface area contributed by atoms with Crippen molar-refractivity contribution in [3.05, 3.63) is 12.3 Å². The van der Waals surface area contributed by atoms with Gasteiger partial charge in [-0.25, -0.2) is 0 Å². The SMILES string of the molecule is CCCCCCCCCOCOC=CCCCCCCCCCC(OCC)OCC. The van der Waals surface area contributed by atoms with Gasteiger partial charge in [0.25, 0.3) is 0 Å². The highest BCUT2D eigenvalue weighted by Crippen LogP contribution is 2.13. The summed E-state index contributed by atoms with van der Waals surface area (Å²) in [5.74, 6) is 0. The van der Waals surface area contributed by atoms with Crippen molar-refractivity contribution in [1.29, 1.82) is 0 Å². The summed E-state index contributed by atoms with van der Waals surface area (Å²) in [5.41, 5.74) is 0. The van der Waals surface area contributed by atoms with Gasteiger partial charge in [-0.3, -0.25) is 0 Å². The summed E-state index contributed by atoms with van der Waals surface area (Å²) in [5, 5.41) is 0. The lowest BCUT2D eigenvalue weighted by molar-refractivity contribution is -0.140. The third kappa shape index (κ3) is 23.7. The van der Waals surface area contributed by atoms with Crippen molar-refractivity contribution in [1.82, 2.24) is 0 Å². The van der Waals surface area contributed by atoms with Gasteiger partial charge in [0.2, 0.25) is 0 Å². The number of hydrogen-bond donors (Lipinski definition) is 0. The van der Waals surface area contributed by atoms with Crippen LogP contribution in [-0.4, -0.2) is 32.9 Å². The molecule has 0 aromatic rings. The Labute approximate surface area is 188 Å². The summed E-state index contributed by atoms with van der Waals surface area (Å²) in [4.78, 5) is 0. The summed E-state index contributed by atoms with van der Waals surface area (Å²) < 4.78 is 22.1. The maximum Gasteiger partial charge on any atom is 0.188 e. The first-order valence-electron chi connectivity index (χ1n) is 12.9. The van der Waals surface area contributed by atoms with Crippen LogP contribution in [0.5, 0.6) is 0 Å². The van der Waals surface area contributed by atoms with Gasteiger partial charge in [0.1, 0.15) is 0 Å². The monoisotopic (exact) mass is 428 g/mol. The lowest BCUT2D eigenvalue weighted by atomic mass is 10.1. The van der Waals surface area contributed by atoms with E-state index in [-0.39, 0.29) is 6.29 Å². The molecule has 0 spiro atoms. The fraction of sp³-hybridized carbons (Fsp3) is 0.923. The standard InChI is InChI=1S/C26H52O4/c1-4-7-8-9-14-17-20-23-27-25-28-24-21-18-15-12-10-11-13-16-19-22-26(29-5-2)30-6-3/h21,24,26H,4-20,22-23,25H2,1-3H3. The predicted molar refractivity (Wildman–Crippen MR) is 128 cm³/mol. The normalized spacial score (nSPS) is 11.7. The maximum absolute atomic E-state index is 5.58. The van der Waals surface area contributed by atoms with Crippen LogP contribution < -0.4 is 0 Å². The second-order valence-electron chi connectivity index (χ2n) is 8.08. The van der Waals surface area contributed by atoms with Crippen LogP contribution in [0.1, 0.15) is 124 Å². The molecule has 0 rings (SSSR count). The molecule has 0 unspecified atom stereocenters. The van der Waals surface area contributed by atoms with Crippen molar-refractivity contribution < 1.29 is 18.9 Å². The second kappa shape index (κ2) is 26.5. The van der Waals surface area contributed by atoms with Crippen LogP contribution in [0, 0.1) is 0 Å². The van der Waals surface area contributed by atoms with Gasteiger partial charge in [-0.1, -0.05) is 77.6 Å². The van der Waals surface area contributed by atoms with E-state index in [0.29, 0.717) is 6.79 Å². The molecule has 0 amide bonds. The highest BCUT2D eigenvalue weighted by molar-refractivity contribution is 4.72. The van der Waals surface area contributed by atoms with E-state index in [1.165, 1.54) is 83.5 Å². The molecule has 0 heterocycles. The molecular formula is C26H52O4. The zero-order valence-corrected chi connectivity index (χ0v) is 20.5. The van der Waals surface area contributed by atoms with Gasteiger partial charge in [-0.05, 0) is 52.0 Å². The van der Waals surface area contributed by atoms with E-state index in [1.807, 2.05) is 13.8 Å². The summed E-state index contributed by atoms with van der Waals surface area (Å²) >= 11 is 0. The van der Waals surface area contributed by atoms with Crippen molar-refractivity contribution in [3.8, 4) is 0 Å². The van der Waals surface area contributed by atoms with Crippen molar-refractivity contribution in [2.75, 3.05) is 26.6 Å². The summed E-state index contributed by atoms with van der Waals surface area (Å²) in [6, 6.07) is 0. The Morgan fingerprint density at radius 2 is 1.20 bits per heavy atom. The molecule has 0 aromatic heterocycles. The minimum atomic E-state index is -0.000253. The largest absolute Gasteiger partial charge is 0.475 e. The smallest absolute Gasteiger partial charge is 0.188 e. The molecule has 0 fully saturated rings. The van der Waals surface area contributed by atoms with Gasteiger partial charge < -0.3 is 18.9 Å². The van der Waals surface area contributed by atoms with E-state index in [2.05, 4.69) is 13.0 Å². The third-order valence-electron chi connectivity index (χ3n) is 5.25. The fourth-order valence-electron chi connectivity index (χ4n) is 3.49. The van der Waals surface area contributed by atoms with Crippen molar-refractivity contribution in [2.45, 2.75) is 130 Å². The number of allylic oxidation sites excluding steroid dienone is 1. The summed E-state index contributed by atoms with van der Waals surface area (Å²) in [7, 11) is 0. The first kappa shape index (κ1) is 29.4. The van der Waals surface area contributed by atoms with Crippen molar-refractivity contribution in [3.63, 3.8) is 0 Å². The third-order valence-corrected chi connectivity index (χ3v) is 5.25. The molecule has 0 radical (unpaired) electrons. The van der Waals surface area contributed by atoms with E-state index in [4.69, 9.17) is 18.9 Å². The predicted octanol–water partition coefficient (Wildman–Crippen LogP) is 8.15. The zero-order valence-electron chi connectivity index (χ0n) is 20.5. The van der Waals surface area contributed by atoms with Gasteiger partial charge in [0, 0.05) is 13.2 Å². The number of ether oxygens (including phenoxy) is 4. The van der Waals surface area contributed by atoms with E-state index >= 15 is 0 Å². The lowest BCUT2D eigenvalue weighted by Gasteiger charge is -2.16. The average Bonchev–Trinajstić information content (AvgIpc) is 2.75. The molecule has 0 aromatic carbocycles. The van der Waals surface area contributed by atoms with Gasteiger partial charge in [-0.15, -0.1) is 0 Å². The molecule has 4 nitrogen and oxygen atoms in total. The van der Waals surface area contributed by atoms with Crippen molar-refractivity contribution in [2.24, 2.45) is 0 Å². The Morgan fingerprint density at radius 1 is 0.633 bits per heavy atom. The van der Waals surface area contributed by atoms with Crippen LogP contribution in [0.2, 0.25) is 0 Å². The van der Waals surface area contributed by atoms with Crippen LogP contribution >= 0.6 is 0 Å². The Morgan fingerprint density at radius 3 is 1.83 bits per heavy atom. The van der Waals surface area contributed by atoms with Crippen LogP contribution in [0.4, 0.5) is 0 Å². The summed E-state index contributed by atoms with van der Waals surface area (Å²) in [6.45, 7) is 8.99. The highest BCUT2D eigenvalue weighted by Gasteiger charge is 2.06. The minimum Gasteiger partial charge on any atom is -0.475 e. The molecule has 0 aliphatic rings. The Balaban J connectivity index is 3.20. The summed E-state index contributed by atoms with van der Waals surface area (Å²) in [6.07, 6.45) is 24.3. The first-order chi connectivity index (χ1) is 14.8. The first-order valence-corrected chi connectivity index (χ1v) is 12.9. The van der Waals surface area contributed by atoms with Crippen LogP contribution in [0.15, 0.2) is 12.3 Å². The molecule has 180 valence electrons. The quantitative estimate of drug-likeness (QED) is 0.0835. The van der Waals surface area contributed by atoms with Crippen LogP contribution in [0.3, 0.4) is 0 Å². The van der Waals surface area contributed by atoms with E-state index in [9.17, 15) is 0 Å². The number of unbranched alkanes of at least 4 members (excludes halogenated alkanes) is 13. The minimum absolute atomic E-state index is 0.000253. The highest BCUT2D eigenvalue weighted by atomic mass is 16.7. The molecule has 4 heteroatoms. The molecule has 30 heavy (non-hydrogen) atoms. The van der Waals surface area contributed by atoms with Gasteiger partial charge in [-0.2, -0.15) is 0 Å². The molecule has 0 N–H and O–H groups in total. The van der Waals surface area contributed by atoms with Gasteiger partial charge in [0.15, 0.2) is 13.1 Å². The van der Waals surface area contributed by atoms with E-state index in [1.54, 1.807) is 6.26 Å². The average molecular weight is 429 g/mol. The molecule has 0 atom stereocenters. The molecule has 0 aliphatic carbocycles. The van der Waals surface area contributed by atoms with Crippen LogP contribution in [-0.2, 0) is 18.9 Å². The molecular weight excluding hydrogens is 376 g/mol. The Bertz CT molecular complexity index is 327. The Kier molecular flexibility index (Phi) is 25.9. The van der Waals surface area contributed by atoms with E-state index in [0.717, 1.165) is 39.1 Å². The van der Waals surface area contributed by atoms with Gasteiger partial charge in [0.05, 0.1) is 12.9 Å². The Hall–Kier alpha value is -0.580. The van der Waals surface area contributed by atoms with Crippen molar-refractivity contribution >= 4 is 0 Å². The zero-order chi connectivity index (χ0) is 22.0. The fourth-order valence-corrected chi connectivity index (χ4v) is 3.49. The van der Waals surface area contributed by atoms with Crippen LogP contribution in [0.25, 0.3) is 0 Å². The number of hydrogen-bond acceptors (Lipinski definition) is 4. The molecule has 0 saturated heterocycles. The topological polar surface area (TPSA) is 36.9 Å². The number of rotatable bonds is 25. The molecule has 0 aliphatic heterocycles. The second-order valence-corrected chi connectivity index (χ2v) is 8.08. The molecule has 0 bridgehead atoms.